The van der Waals surface area contributed by atoms with Crippen molar-refractivity contribution < 1.29 is 4.74 Å². The van der Waals surface area contributed by atoms with Crippen molar-refractivity contribution in [3.8, 4) is 6.07 Å². The molecule has 4 nitrogen and oxygen atoms in total. The van der Waals surface area contributed by atoms with Crippen LogP contribution in [-0.2, 0) is 4.74 Å². The molecular weight excluding hydrogens is 166 g/mol. The van der Waals surface area contributed by atoms with Crippen LogP contribution in [0.2, 0.25) is 0 Å². The lowest BCUT2D eigenvalue weighted by Gasteiger charge is -2.37. The van der Waals surface area contributed by atoms with Crippen molar-refractivity contribution in [1.29, 1.82) is 5.26 Å². The summed E-state index contributed by atoms with van der Waals surface area (Å²) in [5.41, 5.74) is 0. The number of hydrogen-bond acceptors (Lipinski definition) is 4. The van der Waals surface area contributed by atoms with Crippen LogP contribution in [0.15, 0.2) is 0 Å². The molecule has 0 bridgehead atoms. The summed E-state index contributed by atoms with van der Waals surface area (Å²) in [7, 11) is 1.71. The van der Waals surface area contributed by atoms with Gasteiger partial charge in [0.1, 0.15) is 0 Å². The van der Waals surface area contributed by atoms with E-state index >= 15 is 0 Å². The molecule has 4 heteroatoms. The lowest BCUT2D eigenvalue weighted by Crippen LogP contribution is -2.57. The Balaban J connectivity index is 2.21. The Morgan fingerprint density at radius 1 is 1.54 bits per heavy atom. The highest BCUT2D eigenvalue weighted by molar-refractivity contribution is 4.86. The summed E-state index contributed by atoms with van der Waals surface area (Å²) in [4.78, 5) is 2.32. The number of ether oxygens (including phenoxy) is 1. The molecule has 1 aliphatic rings. The second kappa shape index (κ2) is 5.92. The molecule has 1 N–H and O–H groups in total. The summed E-state index contributed by atoms with van der Waals surface area (Å²) in [6, 6.07) is 2.79. The molecule has 0 aromatic rings. The van der Waals surface area contributed by atoms with E-state index in [1.54, 1.807) is 7.11 Å². The van der Waals surface area contributed by atoms with E-state index in [1.165, 1.54) is 0 Å². The van der Waals surface area contributed by atoms with Gasteiger partial charge in [-0.1, -0.05) is 0 Å². The third-order valence-corrected chi connectivity index (χ3v) is 2.37. The van der Waals surface area contributed by atoms with Crippen LogP contribution in [0.4, 0.5) is 0 Å². The minimum Gasteiger partial charge on any atom is -0.383 e. The minimum absolute atomic E-state index is 0.611. The summed E-state index contributed by atoms with van der Waals surface area (Å²) in [6.07, 6.45) is 0.611. The fourth-order valence-electron chi connectivity index (χ4n) is 1.41. The zero-order valence-electron chi connectivity index (χ0n) is 8.12. The first-order valence-electron chi connectivity index (χ1n) is 4.69. The predicted molar refractivity (Wildman–Crippen MR) is 50.3 cm³/mol. The Hall–Kier alpha value is -0.630. The van der Waals surface area contributed by atoms with Gasteiger partial charge in [0, 0.05) is 45.8 Å². The fourth-order valence-corrected chi connectivity index (χ4v) is 1.41. The molecule has 0 amide bonds. The van der Waals surface area contributed by atoms with E-state index in [1.807, 2.05) is 0 Å². The molecular formula is C9H17N3O. The van der Waals surface area contributed by atoms with Crippen LogP contribution >= 0.6 is 0 Å². The van der Waals surface area contributed by atoms with Crippen LogP contribution in [0, 0.1) is 11.3 Å². The van der Waals surface area contributed by atoms with Crippen LogP contribution in [0.3, 0.4) is 0 Å². The third kappa shape index (κ3) is 3.31. The van der Waals surface area contributed by atoms with E-state index in [-0.39, 0.29) is 0 Å². The zero-order chi connectivity index (χ0) is 9.52. The van der Waals surface area contributed by atoms with Crippen LogP contribution in [0.5, 0.6) is 0 Å². The number of hydrogen-bond donors (Lipinski definition) is 1. The molecule has 1 saturated heterocycles. The van der Waals surface area contributed by atoms with Crippen molar-refractivity contribution >= 4 is 0 Å². The fraction of sp³-hybridized carbons (Fsp3) is 0.889. The molecule has 1 fully saturated rings. The van der Waals surface area contributed by atoms with Gasteiger partial charge in [0.25, 0.3) is 0 Å². The third-order valence-electron chi connectivity index (χ3n) is 2.37. The molecule has 0 atom stereocenters. The topological polar surface area (TPSA) is 48.3 Å². The average molecular weight is 183 g/mol. The molecule has 1 rings (SSSR count). The van der Waals surface area contributed by atoms with Gasteiger partial charge in [-0.05, 0) is 0 Å². The van der Waals surface area contributed by atoms with Crippen molar-refractivity contribution in [1.82, 2.24) is 10.2 Å². The highest BCUT2D eigenvalue weighted by atomic mass is 16.5. The second-order valence-electron chi connectivity index (χ2n) is 3.25. The van der Waals surface area contributed by atoms with Crippen LogP contribution < -0.4 is 5.32 Å². The van der Waals surface area contributed by atoms with Gasteiger partial charge < -0.3 is 10.1 Å². The van der Waals surface area contributed by atoms with Crippen molar-refractivity contribution in [2.75, 3.05) is 39.9 Å². The first-order chi connectivity index (χ1) is 6.38. The average Bonchev–Trinajstić information content (AvgIpc) is 2.06. The van der Waals surface area contributed by atoms with Gasteiger partial charge in [-0.15, -0.1) is 0 Å². The quantitative estimate of drug-likeness (QED) is 0.620. The molecule has 74 valence electrons. The highest BCUT2D eigenvalue weighted by Gasteiger charge is 2.23. The predicted octanol–water partition coefficient (Wildman–Crippen LogP) is -0.180. The monoisotopic (exact) mass is 183 g/mol. The molecule has 13 heavy (non-hydrogen) atoms. The molecule has 1 heterocycles. The van der Waals surface area contributed by atoms with Crippen LogP contribution in [-0.4, -0.2) is 50.8 Å². The number of nitrogens with zero attached hydrogens (tertiary/aromatic N) is 2. The van der Waals surface area contributed by atoms with Gasteiger partial charge in [-0.25, -0.2) is 0 Å². The number of methoxy groups -OCH3 is 1. The molecule has 0 spiro atoms. The van der Waals surface area contributed by atoms with E-state index in [4.69, 9.17) is 10.00 Å². The molecule has 1 aliphatic heterocycles. The first-order valence-corrected chi connectivity index (χ1v) is 4.69. The van der Waals surface area contributed by atoms with Crippen molar-refractivity contribution in [2.24, 2.45) is 0 Å². The number of nitrogens with one attached hydrogen (secondary N) is 1. The number of rotatable bonds is 6. The molecule has 0 aromatic carbocycles. The highest BCUT2D eigenvalue weighted by Crippen LogP contribution is 2.05. The molecule has 0 radical (unpaired) electrons. The van der Waals surface area contributed by atoms with E-state index in [0.29, 0.717) is 12.5 Å². The standard InChI is InChI=1S/C9H17N3O/c1-13-6-5-12(4-2-3-10)9-7-11-8-9/h9,11H,2,4-8H2,1H3. The SMILES string of the molecule is COCCN(CCC#N)C1CNC1. The molecule has 0 aliphatic carbocycles. The second-order valence-corrected chi connectivity index (χ2v) is 3.25. The molecule has 0 unspecified atom stereocenters. The Bertz CT molecular complexity index is 174. The smallest absolute Gasteiger partial charge is 0.0635 e. The summed E-state index contributed by atoms with van der Waals surface area (Å²) >= 11 is 0. The van der Waals surface area contributed by atoms with Crippen molar-refractivity contribution in [3.63, 3.8) is 0 Å². The van der Waals surface area contributed by atoms with Crippen LogP contribution in [0.25, 0.3) is 0 Å². The van der Waals surface area contributed by atoms with E-state index < -0.39 is 0 Å². The Morgan fingerprint density at radius 2 is 2.31 bits per heavy atom. The maximum absolute atomic E-state index is 8.49. The maximum atomic E-state index is 8.49. The van der Waals surface area contributed by atoms with E-state index in [2.05, 4.69) is 16.3 Å². The molecule has 0 saturated carbocycles. The van der Waals surface area contributed by atoms with Gasteiger partial charge in [-0.3, -0.25) is 4.90 Å². The van der Waals surface area contributed by atoms with Gasteiger partial charge in [0.15, 0.2) is 0 Å². The van der Waals surface area contributed by atoms with E-state index in [0.717, 1.165) is 32.8 Å². The van der Waals surface area contributed by atoms with Crippen molar-refractivity contribution in [3.05, 3.63) is 0 Å². The Labute approximate surface area is 79.5 Å². The zero-order valence-corrected chi connectivity index (χ0v) is 8.12. The Kier molecular flexibility index (Phi) is 4.76. The first kappa shape index (κ1) is 10.5. The van der Waals surface area contributed by atoms with Gasteiger partial charge in [0.2, 0.25) is 0 Å². The minimum atomic E-state index is 0.611. The lowest BCUT2D eigenvalue weighted by atomic mass is 10.1. The summed E-state index contributed by atoms with van der Waals surface area (Å²) in [5, 5.41) is 11.7. The Morgan fingerprint density at radius 3 is 2.77 bits per heavy atom. The van der Waals surface area contributed by atoms with Crippen LogP contribution in [0.1, 0.15) is 6.42 Å². The normalized spacial score (nSPS) is 17.0. The summed E-state index contributed by atoms with van der Waals surface area (Å²) < 4.78 is 5.03. The lowest BCUT2D eigenvalue weighted by molar-refractivity contribution is 0.0979. The van der Waals surface area contributed by atoms with Gasteiger partial charge in [-0.2, -0.15) is 5.26 Å². The van der Waals surface area contributed by atoms with Gasteiger partial charge in [0.05, 0.1) is 12.7 Å². The van der Waals surface area contributed by atoms with Crippen molar-refractivity contribution in [2.45, 2.75) is 12.5 Å². The largest absolute Gasteiger partial charge is 0.383 e. The summed E-state index contributed by atoms with van der Waals surface area (Å²) in [6.45, 7) is 4.66. The van der Waals surface area contributed by atoms with Gasteiger partial charge >= 0.3 is 0 Å². The van der Waals surface area contributed by atoms with E-state index in [9.17, 15) is 0 Å². The molecule has 0 aromatic heterocycles. The summed E-state index contributed by atoms with van der Waals surface area (Å²) in [5.74, 6) is 0. The maximum Gasteiger partial charge on any atom is 0.0635 e. The number of nitriles is 1.